The summed E-state index contributed by atoms with van der Waals surface area (Å²) in [5, 5.41) is 0. The average molecular weight is 341 g/mol. The fraction of sp³-hybridized carbons (Fsp3) is 0.429. The molecule has 1 aliphatic rings. The third-order valence-corrected chi connectivity index (χ3v) is 3.76. The lowest BCUT2D eigenvalue weighted by Gasteiger charge is -2.23. The summed E-state index contributed by atoms with van der Waals surface area (Å²) < 4.78 is 11.3. The Labute approximate surface area is 150 Å². The first kappa shape index (κ1) is 19.3. The Hall–Kier alpha value is -2.04. The van der Waals surface area contributed by atoms with Gasteiger partial charge in [-0.3, -0.25) is 9.79 Å². The smallest absolute Gasteiger partial charge is 0.203 e. The molecule has 1 aromatic carbocycles. The number of carbonyl (C=O) groups is 1. The Balaban J connectivity index is 2.04. The molecule has 0 aliphatic heterocycles. The van der Waals surface area contributed by atoms with Gasteiger partial charge in [0, 0.05) is 12.7 Å². The Morgan fingerprint density at radius 3 is 2.60 bits per heavy atom. The first-order valence-corrected chi connectivity index (χ1v) is 8.53. The fourth-order valence-corrected chi connectivity index (χ4v) is 2.48. The molecule has 1 aromatic rings. The average Bonchev–Trinajstić information content (AvgIpc) is 2.59. The van der Waals surface area contributed by atoms with Crippen molar-refractivity contribution in [3.63, 3.8) is 0 Å². The maximum atomic E-state index is 12.3. The number of carbonyl (C=O) groups excluding carboxylic acids is 1. The summed E-state index contributed by atoms with van der Waals surface area (Å²) in [6, 6.07) is 10.1. The predicted molar refractivity (Wildman–Crippen MR) is 101 cm³/mol. The van der Waals surface area contributed by atoms with Gasteiger partial charge in [0.15, 0.2) is 0 Å². The molecule has 0 spiro atoms. The molecule has 0 saturated carbocycles. The quantitative estimate of drug-likeness (QED) is 0.706. The topological polar surface area (TPSA) is 47.9 Å². The van der Waals surface area contributed by atoms with Gasteiger partial charge >= 0.3 is 0 Å². The van der Waals surface area contributed by atoms with Crippen LogP contribution in [0.4, 0.5) is 0 Å². The van der Waals surface area contributed by atoms with Crippen molar-refractivity contribution in [3.05, 3.63) is 59.2 Å². The van der Waals surface area contributed by atoms with Crippen LogP contribution in [0.25, 0.3) is 0 Å². The molecular formula is C21H27NO3. The van der Waals surface area contributed by atoms with Crippen molar-refractivity contribution in [2.45, 2.75) is 45.4 Å². The number of aliphatic imine (C=N–C) groups is 1. The zero-order valence-corrected chi connectivity index (χ0v) is 15.5. The third kappa shape index (κ3) is 6.40. The molecule has 1 aliphatic carbocycles. The van der Waals surface area contributed by atoms with Gasteiger partial charge < -0.3 is 9.47 Å². The lowest BCUT2D eigenvalue weighted by atomic mass is 9.95. The second-order valence-corrected chi connectivity index (χ2v) is 7.13. The summed E-state index contributed by atoms with van der Waals surface area (Å²) in [5.41, 5.74) is 2.50. The van der Waals surface area contributed by atoms with Gasteiger partial charge in [0.1, 0.15) is 0 Å². The van der Waals surface area contributed by atoms with Crippen LogP contribution in [0.1, 0.15) is 32.8 Å². The van der Waals surface area contributed by atoms with Crippen LogP contribution in [-0.2, 0) is 20.9 Å². The maximum Gasteiger partial charge on any atom is 0.203 e. The molecular weight excluding hydrogens is 314 g/mol. The van der Waals surface area contributed by atoms with E-state index in [4.69, 9.17) is 9.47 Å². The number of rotatable bonds is 7. The Bertz CT molecular complexity index is 666. The van der Waals surface area contributed by atoms with Crippen molar-refractivity contribution < 1.29 is 14.3 Å². The molecule has 0 radical (unpaired) electrons. The minimum Gasteiger partial charge on any atom is -0.380 e. The highest BCUT2D eigenvalue weighted by Gasteiger charge is 2.21. The van der Waals surface area contributed by atoms with Gasteiger partial charge in [0.25, 0.3) is 0 Å². The summed E-state index contributed by atoms with van der Waals surface area (Å²) in [6.07, 6.45) is 5.80. The van der Waals surface area contributed by atoms with E-state index in [0.717, 1.165) is 11.1 Å². The van der Waals surface area contributed by atoms with E-state index in [-0.39, 0.29) is 17.4 Å². The molecule has 25 heavy (non-hydrogen) atoms. The van der Waals surface area contributed by atoms with E-state index in [2.05, 4.69) is 4.99 Å². The SMILES string of the molecule is COCC1=CC(C(=O)C=NC(C)(C)C)=CCC1OCc1ccccc1. The lowest BCUT2D eigenvalue weighted by molar-refractivity contribution is -0.109. The van der Waals surface area contributed by atoms with Crippen molar-refractivity contribution in [2.24, 2.45) is 4.99 Å². The van der Waals surface area contributed by atoms with Gasteiger partial charge in [0.05, 0.1) is 31.1 Å². The molecule has 0 bridgehead atoms. The highest BCUT2D eigenvalue weighted by molar-refractivity contribution is 6.36. The molecule has 2 rings (SSSR count). The van der Waals surface area contributed by atoms with Gasteiger partial charge in [-0.05, 0) is 44.4 Å². The molecule has 4 heteroatoms. The molecule has 0 fully saturated rings. The molecule has 0 N–H and O–H groups in total. The van der Waals surface area contributed by atoms with Gasteiger partial charge in [-0.2, -0.15) is 0 Å². The molecule has 0 saturated heterocycles. The van der Waals surface area contributed by atoms with Crippen molar-refractivity contribution in [2.75, 3.05) is 13.7 Å². The molecule has 0 amide bonds. The second kappa shape index (κ2) is 8.88. The van der Waals surface area contributed by atoms with Gasteiger partial charge in [-0.25, -0.2) is 0 Å². The molecule has 1 atom stereocenters. The first-order chi connectivity index (χ1) is 11.9. The molecule has 0 aromatic heterocycles. The number of allylic oxidation sites excluding steroid dienone is 2. The third-order valence-electron chi connectivity index (χ3n) is 3.76. The lowest BCUT2D eigenvalue weighted by Crippen LogP contribution is -2.23. The van der Waals surface area contributed by atoms with E-state index < -0.39 is 0 Å². The maximum absolute atomic E-state index is 12.3. The molecule has 4 nitrogen and oxygen atoms in total. The van der Waals surface area contributed by atoms with E-state index in [1.54, 1.807) is 7.11 Å². The highest BCUT2D eigenvalue weighted by Crippen LogP contribution is 2.23. The van der Waals surface area contributed by atoms with Crippen LogP contribution in [0.15, 0.2) is 58.6 Å². The summed E-state index contributed by atoms with van der Waals surface area (Å²) >= 11 is 0. The van der Waals surface area contributed by atoms with Crippen LogP contribution in [0.2, 0.25) is 0 Å². The van der Waals surface area contributed by atoms with Crippen molar-refractivity contribution in [1.29, 1.82) is 0 Å². The van der Waals surface area contributed by atoms with E-state index in [1.807, 2.05) is 63.3 Å². The Morgan fingerprint density at radius 1 is 1.24 bits per heavy atom. The van der Waals surface area contributed by atoms with Crippen molar-refractivity contribution in [1.82, 2.24) is 0 Å². The molecule has 1 unspecified atom stereocenters. The molecule has 0 heterocycles. The van der Waals surface area contributed by atoms with Crippen LogP contribution >= 0.6 is 0 Å². The second-order valence-electron chi connectivity index (χ2n) is 7.13. The Kier molecular flexibility index (Phi) is 6.85. The minimum absolute atomic E-state index is 0.0729. The number of ketones is 1. The van der Waals surface area contributed by atoms with Gasteiger partial charge in [0.2, 0.25) is 5.78 Å². The number of nitrogens with zero attached hydrogens (tertiary/aromatic N) is 1. The number of hydrogen-bond acceptors (Lipinski definition) is 4. The zero-order chi connectivity index (χ0) is 18.3. The normalized spacial score (nSPS) is 18.2. The van der Waals surface area contributed by atoms with E-state index in [0.29, 0.717) is 25.2 Å². The number of hydrogen-bond donors (Lipinski definition) is 0. The minimum atomic E-state index is -0.259. The summed E-state index contributed by atoms with van der Waals surface area (Å²) in [7, 11) is 1.65. The van der Waals surface area contributed by atoms with E-state index in [1.165, 1.54) is 6.21 Å². The van der Waals surface area contributed by atoms with Crippen molar-refractivity contribution in [3.8, 4) is 0 Å². The monoisotopic (exact) mass is 341 g/mol. The van der Waals surface area contributed by atoms with Crippen LogP contribution in [0.3, 0.4) is 0 Å². The number of benzene rings is 1. The van der Waals surface area contributed by atoms with Crippen LogP contribution < -0.4 is 0 Å². The number of ether oxygens (including phenoxy) is 2. The van der Waals surface area contributed by atoms with Crippen molar-refractivity contribution >= 4 is 12.0 Å². The van der Waals surface area contributed by atoms with E-state index in [9.17, 15) is 4.79 Å². The largest absolute Gasteiger partial charge is 0.380 e. The molecule has 134 valence electrons. The Morgan fingerprint density at radius 2 is 1.96 bits per heavy atom. The van der Waals surface area contributed by atoms with Gasteiger partial charge in [-0.1, -0.05) is 36.4 Å². The summed E-state index contributed by atoms with van der Waals surface area (Å²) in [5.74, 6) is -0.0787. The first-order valence-electron chi connectivity index (χ1n) is 8.53. The number of methoxy groups -OCH3 is 1. The fourth-order valence-electron chi connectivity index (χ4n) is 2.48. The van der Waals surface area contributed by atoms with Crippen LogP contribution in [0, 0.1) is 0 Å². The summed E-state index contributed by atoms with van der Waals surface area (Å²) in [4.78, 5) is 16.6. The summed E-state index contributed by atoms with van der Waals surface area (Å²) in [6.45, 7) is 6.87. The highest BCUT2D eigenvalue weighted by atomic mass is 16.5. The predicted octanol–water partition coefficient (Wildman–Crippen LogP) is 3.91. The van der Waals surface area contributed by atoms with Gasteiger partial charge in [-0.15, -0.1) is 0 Å². The van der Waals surface area contributed by atoms with Crippen LogP contribution in [-0.4, -0.2) is 37.4 Å². The van der Waals surface area contributed by atoms with E-state index >= 15 is 0 Å². The van der Waals surface area contributed by atoms with Crippen LogP contribution in [0.5, 0.6) is 0 Å². The standard InChI is InChI=1S/C21H27NO3/c1-21(2,3)22-13-19(23)17-10-11-20(18(12-17)15-24-4)25-14-16-8-6-5-7-9-16/h5-10,12-13,20H,11,14-15H2,1-4H3. The zero-order valence-electron chi connectivity index (χ0n) is 15.5. The number of Topliss-reactive ketones (excluding diaryl/α,β-unsaturated/α-hetero) is 1.